The first kappa shape index (κ1) is 22.8. The molecule has 0 radical (unpaired) electrons. The zero-order valence-electron chi connectivity index (χ0n) is 18.8. The highest BCUT2D eigenvalue weighted by molar-refractivity contribution is 5.79. The van der Waals surface area contributed by atoms with Gasteiger partial charge in [0.25, 0.3) is 0 Å². The van der Waals surface area contributed by atoms with E-state index in [4.69, 9.17) is 10.7 Å². The number of nitrogens with two attached hydrogens (primary N) is 1. The molecular weight excluding hydrogens is 386 g/mol. The smallest absolute Gasteiger partial charge is 0.221 e. The van der Waals surface area contributed by atoms with E-state index < -0.39 is 0 Å². The monoisotopic (exact) mass is 421 g/mol. The van der Waals surface area contributed by atoms with E-state index in [2.05, 4.69) is 77.6 Å². The number of nitrogens with one attached hydrogen (secondary N) is 1. The number of primary amides is 1. The van der Waals surface area contributed by atoms with Crippen LogP contribution in [0.2, 0.25) is 0 Å². The van der Waals surface area contributed by atoms with Gasteiger partial charge in [-0.2, -0.15) is 0 Å². The minimum Gasteiger partial charge on any atom is -0.369 e. The van der Waals surface area contributed by atoms with Crippen molar-refractivity contribution in [2.75, 3.05) is 26.7 Å². The van der Waals surface area contributed by atoms with E-state index in [0.717, 1.165) is 51.5 Å². The third-order valence-corrected chi connectivity index (χ3v) is 5.68. The summed E-state index contributed by atoms with van der Waals surface area (Å²) >= 11 is 0. The molecule has 6 nitrogen and oxygen atoms in total. The number of nitrogens with zero attached hydrogens (tertiary/aromatic N) is 3. The van der Waals surface area contributed by atoms with Gasteiger partial charge < -0.3 is 16.0 Å². The number of amides is 1. The van der Waals surface area contributed by atoms with E-state index in [-0.39, 0.29) is 11.8 Å². The molecule has 3 rings (SSSR count). The number of piperidine rings is 1. The summed E-state index contributed by atoms with van der Waals surface area (Å²) in [5.74, 6) is 0.699. The lowest BCUT2D eigenvalue weighted by Crippen LogP contribution is -2.40. The third-order valence-electron chi connectivity index (χ3n) is 5.68. The van der Waals surface area contributed by atoms with E-state index in [1.54, 1.807) is 0 Å². The van der Waals surface area contributed by atoms with E-state index in [0.29, 0.717) is 6.54 Å². The molecule has 1 saturated heterocycles. The van der Waals surface area contributed by atoms with Crippen molar-refractivity contribution in [1.29, 1.82) is 0 Å². The molecule has 0 saturated carbocycles. The second-order valence-corrected chi connectivity index (χ2v) is 8.31. The molecule has 1 heterocycles. The summed E-state index contributed by atoms with van der Waals surface area (Å²) in [5, 5.41) is 3.39. The number of hydrogen-bond acceptors (Lipinski definition) is 3. The number of guanidine groups is 1. The molecule has 1 fully saturated rings. The van der Waals surface area contributed by atoms with Gasteiger partial charge >= 0.3 is 0 Å². The molecule has 31 heavy (non-hydrogen) atoms. The minimum absolute atomic E-state index is 0.0237. The Morgan fingerprint density at radius 2 is 1.90 bits per heavy atom. The Labute approximate surface area is 186 Å². The first-order valence-electron chi connectivity index (χ1n) is 11.2. The molecule has 1 unspecified atom stereocenters. The predicted octanol–water partition coefficient (Wildman–Crippen LogP) is 2.98. The van der Waals surface area contributed by atoms with Gasteiger partial charge in [-0.05, 0) is 43.0 Å². The molecule has 0 aliphatic carbocycles. The molecule has 0 bridgehead atoms. The standard InChI is InChI=1S/C25H35N5O/c1-3-27-25(29(2)17-20-9-5-4-6-10-20)28-16-21-11-7-12-22(15-21)18-30-14-8-13-23(19-30)24(26)31/h4-7,9-12,15,23H,3,8,13-14,16-19H2,1-2H3,(H2,26,31)(H,27,28). The van der Waals surface area contributed by atoms with Crippen molar-refractivity contribution >= 4 is 11.9 Å². The summed E-state index contributed by atoms with van der Waals surface area (Å²) in [6, 6.07) is 19.0. The maximum atomic E-state index is 11.5. The van der Waals surface area contributed by atoms with Crippen molar-refractivity contribution in [3.8, 4) is 0 Å². The lowest BCUT2D eigenvalue weighted by atomic mass is 9.97. The lowest BCUT2D eigenvalue weighted by molar-refractivity contribution is -0.123. The molecule has 2 aromatic rings. The maximum Gasteiger partial charge on any atom is 0.221 e. The zero-order valence-corrected chi connectivity index (χ0v) is 18.8. The van der Waals surface area contributed by atoms with Crippen molar-refractivity contribution in [2.24, 2.45) is 16.6 Å². The van der Waals surface area contributed by atoms with E-state index in [9.17, 15) is 4.79 Å². The molecule has 3 N–H and O–H groups in total. The fourth-order valence-electron chi connectivity index (χ4n) is 4.08. The fourth-order valence-corrected chi connectivity index (χ4v) is 4.08. The highest BCUT2D eigenvalue weighted by Gasteiger charge is 2.23. The van der Waals surface area contributed by atoms with Crippen LogP contribution in [0, 0.1) is 5.92 Å². The Kier molecular flexibility index (Phi) is 8.47. The number of carbonyl (C=O) groups excluding carboxylic acids is 1. The molecule has 0 aromatic heterocycles. The Bertz CT molecular complexity index is 867. The average molecular weight is 422 g/mol. The van der Waals surface area contributed by atoms with Gasteiger partial charge in [0.05, 0.1) is 12.5 Å². The molecule has 1 atom stereocenters. The van der Waals surface area contributed by atoms with Gasteiger partial charge in [-0.1, -0.05) is 54.6 Å². The van der Waals surface area contributed by atoms with Crippen LogP contribution >= 0.6 is 0 Å². The number of rotatable bonds is 8. The number of carbonyl (C=O) groups is 1. The summed E-state index contributed by atoms with van der Waals surface area (Å²) in [5.41, 5.74) is 9.21. The van der Waals surface area contributed by atoms with Gasteiger partial charge in [-0.15, -0.1) is 0 Å². The van der Waals surface area contributed by atoms with E-state index >= 15 is 0 Å². The summed E-state index contributed by atoms with van der Waals surface area (Å²) in [6.45, 7) is 6.96. The quantitative estimate of drug-likeness (QED) is 0.508. The number of aliphatic imine (C=N–C) groups is 1. The second-order valence-electron chi connectivity index (χ2n) is 8.31. The van der Waals surface area contributed by atoms with Crippen LogP contribution in [0.15, 0.2) is 59.6 Å². The Balaban J connectivity index is 1.62. The maximum absolute atomic E-state index is 11.5. The Morgan fingerprint density at radius 3 is 2.65 bits per heavy atom. The number of benzene rings is 2. The minimum atomic E-state index is -0.177. The molecule has 0 spiro atoms. The van der Waals surface area contributed by atoms with Gasteiger partial charge in [0.15, 0.2) is 5.96 Å². The summed E-state index contributed by atoms with van der Waals surface area (Å²) in [4.78, 5) is 20.9. The first-order valence-corrected chi connectivity index (χ1v) is 11.2. The predicted molar refractivity (Wildman–Crippen MR) is 126 cm³/mol. The van der Waals surface area contributed by atoms with Crippen LogP contribution in [0.4, 0.5) is 0 Å². The van der Waals surface area contributed by atoms with Crippen LogP contribution in [0.25, 0.3) is 0 Å². The number of hydrogen-bond donors (Lipinski definition) is 2. The van der Waals surface area contributed by atoms with Crippen molar-refractivity contribution < 1.29 is 4.79 Å². The van der Waals surface area contributed by atoms with Crippen LogP contribution in [0.3, 0.4) is 0 Å². The van der Waals surface area contributed by atoms with Gasteiger partial charge in [0.1, 0.15) is 0 Å². The van der Waals surface area contributed by atoms with Gasteiger partial charge in [0.2, 0.25) is 5.91 Å². The molecule has 1 aliphatic rings. The van der Waals surface area contributed by atoms with Crippen LogP contribution in [-0.4, -0.2) is 48.3 Å². The SMILES string of the molecule is CCNC(=NCc1cccc(CN2CCCC(C(N)=O)C2)c1)N(C)Cc1ccccc1. The molecule has 1 amide bonds. The second kappa shape index (κ2) is 11.5. The summed E-state index contributed by atoms with van der Waals surface area (Å²) in [6.07, 6.45) is 1.93. The highest BCUT2D eigenvalue weighted by atomic mass is 16.1. The Morgan fingerprint density at radius 1 is 1.16 bits per heavy atom. The molecule has 2 aromatic carbocycles. The summed E-state index contributed by atoms with van der Waals surface area (Å²) < 4.78 is 0. The van der Waals surface area contributed by atoms with Crippen molar-refractivity contribution in [3.05, 3.63) is 71.3 Å². The van der Waals surface area contributed by atoms with Crippen LogP contribution in [-0.2, 0) is 24.4 Å². The topological polar surface area (TPSA) is 74.0 Å². The van der Waals surface area contributed by atoms with E-state index in [1.807, 2.05) is 6.07 Å². The Hall–Kier alpha value is -2.86. The number of likely N-dealkylation sites (tertiary alicyclic amines) is 1. The molecule has 166 valence electrons. The molecular formula is C25H35N5O. The summed E-state index contributed by atoms with van der Waals surface area (Å²) in [7, 11) is 2.07. The van der Waals surface area contributed by atoms with Crippen molar-refractivity contribution in [1.82, 2.24) is 15.1 Å². The van der Waals surface area contributed by atoms with Crippen molar-refractivity contribution in [2.45, 2.75) is 39.4 Å². The average Bonchev–Trinajstić information content (AvgIpc) is 2.77. The van der Waals surface area contributed by atoms with Crippen LogP contribution in [0.1, 0.15) is 36.5 Å². The van der Waals surface area contributed by atoms with Crippen LogP contribution in [0.5, 0.6) is 0 Å². The first-order chi connectivity index (χ1) is 15.0. The zero-order chi connectivity index (χ0) is 22.1. The van der Waals surface area contributed by atoms with Crippen LogP contribution < -0.4 is 11.1 Å². The normalized spacial score (nSPS) is 17.4. The van der Waals surface area contributed by atoms with Gasteiger partial charge in [-0.25, -0.2) is 4.99 Å². The fraction of sp³-hybridized carbons (Fsp3) is 0.440. The van der Waals surface area contributed by atoms with E-state index in [1.165, 1.54) is 16.7 Å². The van der Waals surface area contributed by atoms with Gasteiger partial charge in [0, 0.05) is 33.2 Å². The third kappa shape index (κ3) is 7.10. The molecule has 6 heteroatoms. The van der Waals surface area contributed by atoms with Crippen molar-refractivity contribution in [3.63, 3.8) is 0 Å². The highest BCUT2D eigenvalue weighted by Crippen LogP contribution is 2.19. The lowest BCUT2D eigenvalue weighted by Gasteiger charge is -2.31. The molecule has 1 aliphatic heterocycles. The largest absolute Gasteiger partial charge is 0.369 e. The van der Waals surface area contributed by atoms with Gasteiger partial charge in [-0.3, -0.25) is 9.69 Å².